The average molecular weight is 247 g/mol. The standard InChI is InChI=1S/C6H7.C3H3N2.Ru/c1-6-4-2-3-5-6;1-2-5-3-4-1;/h2,4H,3H2,1H3;1-2H,(H,4,5);. The summed E-state index contributed by atoms with van der Waals surface area (Å²) in [6, 6.07) is 0. The molecule has 0 saturated heterocycles. The molecular formula is C9H10N2Ru. The summed E-state index contributed by atoms with van der Waals surface area (Å²) in [5.41, 5.74) is 1.43. The number of imidazole rings is 1. The Kier molecular flexibility index (Phi) is 2.22. The molecule has 2 rings (SSSR count). The molecule has 1 aromatic rings. The molecule has 1 heterocycles. The van der Waals surface area contributed by atoms with Gasteiger partial charge in [-0.3, -0.25) is 0 Å². The molecule has 0 amide bonds. The first-order valence-corrected chi connectivity index (χ1v) is 5.58. The summed E-state index contributed by atoms with van der Waals surface area (Å²) < 4.78 is 2.72. The van der Waals surface area contributed by atoms with E-state index in [1.807, 2.05) is 12.4 Å². The van der Waals surface area contributed by atoms with Crippen molar-refractivity contribution in [3.05, 3.63) is 34.3 Å². The van der Waals surface area contributed by atoms with Crippen LogP contribution in [0.2, 0.25) is 0 Å². The summed E-state index contributed by atoms with van der Waals surface area (Å²) in [6.07, 6.45) is 9.27. The van der Waals surface area contributed by atoms with Gasteiger partial charge in [-0.15, -0.1) is 0 Å². The Balaban J connectivity index is 2.10. The summed E-state index contributed by atoms with van der Waals surface area (Å²) >= 11 is 0.152. The van der Waals surface area contributed by atoms with Gasteiger partial charge in [0.05, 0.1) is 0 Å². The van der Waals surface area contributed by atoms with Crippen LogP contribution in [0.3, 0.4) is 0 Å². The minimum absolute atomic E-state index is 0.152. The fourth-order valence-electron chi connectivity index (χ4n) is 1.08. The van der Waals surface area contributed by atoms with Gasteiger partial charge in [0.1, 0.15) is 0 Å². The third-order valence-corrected chi connectivity index (χ3v) is 4.18. The summed E-state index contributed by atoms with van der Waals surface area (Å²) in [6.45, 7) is 2.18. The summed E-state index contributed by atoms with van der Waals surface area (Å²) in [5, 5.41) is 0. The number of allylic oxidation sites excluding steroid dienone is 4. The summed E-state index contributed by atoms with van der Waals surface area (Å²) in [4.78, 5) is 7.39. The van der Waals surface area contributed by atoms with Gasteiger partial charge in [-0.1, -0.05) is 0 Å². The molecule has 0 spiro atoms. The van der Waals surface area contributed by atoms with Gasteiger partial charge in [0.25, 0.3) is 0 Å². The molecular weight excluding hydrogens is 237 g/mol. The zero-order chi connectivity index (χ0) is 8.39. The van der Waals surface area contributed by atoms with Crippen LogP contribution in [0.4, 0.5) is 0 Å². The molecule has 0 fully saturated rings. The Labute approximate surface area is 79.4 Å². The Morgan fingerprint density at radius 3 is 3.08 bits per heavy atom. The molecule has 1 aromatic heterocycles. The minimum atomic E-state index is 0.152. The first-order chi connectivity index (χ1) is 5.86. The quantitative estimate of drug-likeness (QED) is 0.785. The van der Waals surface area contributed by atoms with Crippen LogP contribution in [0.15, 0.2) is 34.3 Å². The van der Waals surface area contributed by atoms with E-state index in [2.05, 4.69) is 29.0 Å². The normalized spacial score (nSPS) is 16.4. The van der Waals surface area contributed by atoms with Gasteiger partial charge in [-0.2, -0.15) is 0 Å². The van der Waals surface area contributed by atoms with Gasteiger partial charge in [0.2, 0.25) is 0 Å². The predicted octanol–water partition coefficient (Wildman–Crippen LogP) is 1.35. The van der Waals surface area contributed by atoms with Gasteiger partial charge in [0, 0.05) is 0 Å². The average Bonchev–Trinajstić information content (AvgIpc) is 2.65. The molecule has 3 heteroatoms. The third-order valence-electron chi connectivity index (χ3n) is 1.73. The van der Waals surface area contributed by atoms with Crippen molar-refractivity contribution in [1.82, 2.24) is 9.97 Å². The Morgan fingerprint density at radius 1 is 1.58 bits per heavy atom. The number of H-pyrrole nitrogens is 1. The zero-order valence-electron chi connectivity index (χ0n) is 6.82. The number of nitrogens with one attached hydrogen (secondary N) is 1. The first kappa shape index (κ1) is 7.94. The van der Waals surface area contributed by atoms with Crippen LogP contribution >= 0.6 is 0 Å². The second-order valence-electron chi connectivity index (χ2n) is 2.64. The number of nitrogens with zero attached hydrogens (tertiary/aromatic N) is 1. The van der Waals surface area contributed by atoms with Crippen LogP contribution in [0.25, 0.3) is 0 Å². The molecule has 64 valence electrons. The van der Waals surface area contributed by atoms with Crippen LogP contribution < -0.4 is 4.42 Å². The predicted molar refractivity (Wildman–Crippen MR) is 44.7 cm³/mol. The van der Waals surface area contributed by atoms with Crippen LogP contribution in [0.5, 0.6) is 0 Å². The topological polar surface area (TPSA) is 28.7 Å². The molecule has 0 bridgehead atoms. The van der Waals surface area contributed by atoms with E-state index < -0.39 is 0 Å². The second kappa shape index (κ2) is 3.36. The fourth-order valence-corrected chi connectivity index (χ4v) is 2.96. The van der Waals surface area contributed by atoms with Crippen LogP contribution in [0, 0.1) is 0 Å². The van der Waals surface area contributed by atoms with Crippen molar-refractivity contribution in [3.8, 4) is 0 Å². The summed E-state index contributed by atoms with van der Waals surface area (Å²) in [7, 11) is 0. The van der Waals surface area contributed by atoms with Crippen molar-refractivity contribution in [2.75, 3.05) is 0 Å². The van der Waals surface area contributed by atoms with E-state index in [0.717, 1.165) is 10.8 Å². The van der Waals surface area contributed by atoms with Crippen LogP contribution in [-0.4, -0.2) is 9.97 Å². The first-order valence-electron chi connectivity index (χ1n) is 3.84. The van der Waals surface area contributed by atoms with Gasteiger partial charge in [0.15, 0.2) is 0 Å². The van der Waals surface area contributed by atoms with Crippen molar-refractivity contribution in [2.24, 2.45) is 0 Å². The van der Waals surface area contributed by atoms with E-state index in [0.29, 0.717) is 0 Å². The number of aromatic amines is 1. The molecule has 0 aliphatic heterocycles. The van der Waals surface area contributed by atoms with E-state index in [1.54, 1.807) is 4.17 Å². The van der Waals surface area contributed by atoms with E-state index in [-0.39, 0.29) is 17.1 Å². The molecule has 0 saturated carbocycles. The molecule has 0 atom stereocenters. The molecule has 1 aliphatic carbocycles. The van der Waals surface area contributed by atoms with Gasteiger partial charge >= 0.3 is 79.1 Å². The van der Waals surface area contributed by atoms with E-state index in [9.17, 15) is 0 Å². The monoisotopic (exact) mass is 248 g/mol. The Hall–Kier alpha value is -0.687. The molecule has 1 N–H and O–H groups in total. The molecule has 0 radical (unpaired) electrons. The third kappa shape index (κ3) is 1.56. The maximum absolute atomic E-state index is 4.24. The number of rotatable bonds is 2. The van der Waals surface area contributed by atoms with Crippen molar-refractivity contribution in [3.63, 3.8) is 0 Å². The van der Waals surface area contributed by atoms with Gasteiger partial charge in [-0.25, -0.2) is 0 Å². The molecule has 0 aromatic carbocycles. The Morgan fingerprint density at radius 2 is 2.50 bits per heavy atom. The fraction of sp³-hybridized carbons (Fsp3) is 0.222. The van der Waals surface area contributed by atoms with Crippen LogP contribution in [-0.2, 0) is 17.1 Å². The van der Waals surface area contributed by atoms with Gasteiger partial charge in [-0.05, 0) is 0 Å². The second-order valence-corrected chi connectivity index (χ2v) is 4.94. The van der Waals surface area contributed by atoms with E-state index in [4.69, 9.17) is 0 Å². The van der Waals surface area contributed by atoms with E-state index in [1.165, 1.54) is 5.57 Å². The molecule has 2 nitrogen and oxygen atoms in total. The van der Waals surface area contributed by atoms with Crippen molar-refractivity contribution in [2.45, 2.75) is 13.3 Å². The van der Waals surface area contributed by atoms with Gasteiger partial charge < -0.3 is 0 Å². The van der Waals surface area contributed by atoms with Crippen molar-refractivity contribution in [1.29, 1.82) is 0 Å². The van der Waals surface area contributed by atoms with Crippen molar-refractivity contribution < 1.29 is 17.1 Å². The number of hydrogen-bond donors (Lipinski definition) is 1. The SMILES string of the molecule is CC1=[C]([Ru][c]2ncc[nH]2)CC=C1. The molecule has 12 heavy (non-hydrogen) atoms. The summed E-state index contributed by atoms with van der Waals surface area (Å²) in [5.74, 6) is 0. The van der Waals surface area contributed by atoms with E-state index >= 15 is 0 Å². The van der Waals surface area contributed by atoms with Crippen molar-refractivity contribution >= 4 is 4.42 Å². The van der Waals surface area contributed by atoms with Crippen LogP contribution in [0.1, 0.15) is 13.3 Å². The number of aromatic nitrogens is 2. The maximum atomic E-state index is 4.24. The molecule has 0 unspecified atom stereocenters. The zero-order valence-corrected chi connectivity index (χ0v) is 8.56. The Bertz CT molecular complexity index is 322. The molecule has 1 aliphatic rings. The number of hydrogen-bond acceptors (Lipinski definition) is 1.